The van der Waals surface area contributed by atoms with Gasteiger partial charge >= 0.3 is 0 Å². The molecule has 2 fully saturated rings. The van der Waals surface area contributed by atoms with Gasteiger partial charge in [-0.25, -0.2) is 0 Å². The van der Waals surface area contributed by atoms with E-state index in [2.05, 4.69) is 75.9 Å². The summed E-state index contributed by atoms with van der Waals surface area (Å²) in [4.78, 5) is 0. The zero-order valence-corrected chi connectivity index (χ0v) is 15.9. The van der Waals surface area contributed by atoms with Crippen LogP contribution in [0.1, 0.15) is 44.7 Å². The van der Waals surface area contributed by atoms with Crippen LogP contribution in [0.2, 0.25) is 0 Å². The fourth-order valence-corrected chi connectivity index (χ4v) is 5.43. The van der Waals surface area contributed by atoms with E-state index in [0.29, 0.717) is 11.8 Å². The van der Waals surface area contributed by atoms with Crippen LogP contribution in [-0.2, 0) is 20.9 Å². The average Bonchev–Trinajstić information content (AvgIpc) is 2.96. The van der Waals surface area contributed by atoms with Crippen molar-refractivity contribution in [2.24, 2.45) is 17.8 Å². The summed E-state index contributed by atoms with van der Waals surface area (Å²) in [7, 11) is 0. The van der Waals surface area contributed by atoms with Gasteiger partial charge in [0.25, 0.3) is 0 Å². The first kappa shape index (κ1) is 17.4. The standard InChI is InChI=1S/C24H28O2/c1-5-21-17(3)22(6-2)24(20-15-11-8-12-16-20)25-18(4)23(21,26-24)19-13-9-7-10-14-19/h7-17,21-22H,4-6H2,1-3H3/t17-,21?,22?,23+,24+/m1/s1. The number of hydrogen-bond donors (Lipinski definition) is 0. The van der Waals surface area contributed by atoms with E-state index in [-0.39, 0.29) is 5.92 Å². The van der Waals surface area contributed by atoms with Gasteiger partial charge in [0.15, 0.2) is 5.60 Å². The molecule has 4 rings (SSSR count). The summed E-state index contributed by atoms with van der Waals surface area (Å²) >= 11 is 0. The molecule has 26 heavy (non-hydrogen) atoms. The van der Waals surface area contributed by atoms with E-state index >= 15 is 0 Å². The van der Waals surface area contributed by atoms with Gasteiger partial charge in [0.05, 0.1) is 0 Å². The van der Waals surface area contributed by atoms with Crippen LogP contribution in [0.3, 0.4) is 0 Å². The number of rotatable bonds is 4. The lowest BCUT2D eigenvalue weighted by Crippen LogP contribution is -2.53. The van der Waals surface area contributed by atoms with Gasteiger partial charge in [-0.3, -0.25) is 0 Å². The van der Waals surface area contributed by atoms with Gasteiger partial charge in [-0.2, -0.15) is 0 Å². The Morgan fingerprint density at radius 3 is 1.92 bits per heavy atom. The summed E-state index contributed by atoms with van der Waals surface area (Å²) < 4.78 is 13.6. The molecule has 0 spiro atoms. The molecule has 2 nitrogen and oxygen atoms in total. The zero-order valence-electron chi connectivity index (χ0n) is 15.9. The highest BCUT2D eigenvalue weighted by molar-refractivity contribution is 5.38. The van der Waals surface area contributed by atoms with Gasteiger partial charge in [-0.1, -0.05) is 88.0 Å². The number of fused-ring (bicyclic) bond motifs is 2. The Morgan fingerprint density at radius 1 is 0.846 bits per heavy atom. The minimum absolute atomic E-state index is 0.283. The summed E-state index contributed by atoms with van der Waals surface area (Å²) in [5, 5.41) is 0. The monoisotopic (exact) mass is 348 g/mol. The minimum atomic E-state index is -0.756. The molecule has 5 atom stereocenters. The summed E-state index contributed by atoms with van der Waals surface area (Å²) in [5.41, 5.74) is 1.65. The molecule has 0 aliphatic carbocycles. The molecule has 0 saturated carbocycles. The molecular weight excluding hydrogens is 320 g/mol. The molecule has 0 radical (unpaired) electrons. The van der Waals surface area contributed by atoms with E-state index < -0.39 is 11.4 Å². The average molecular weight is 348 g/mol. The first-order valence-corrected chi connectivity index (χ1v) is 9.79. The van der Waals surface area contributed by atoms with Gasteiger partial charge in [0.2, 0.25) is 5.79 Å². The fraction of sp³-hybridized carbons (Fsp3) is 0.417. The van der Waals surface area contributed by atoms with Crippen LogP contribution in [0.25, 0.3) is 0 Å². The lowest BCUT2D eigenvalue weighted by atomic mass is 9.64. The van der Waals surface area contributed by atoms with Crippen molar-refractivity contribution in [3.05, 3.63) is 84.1 Å². The third-order valence-corrected chi connectivity index (χ3v) is 6.54. The molecule has 2 aliphatic heterocycles. The first-order valence-electron chi connectivity index (χ1n) is 9.79. The second kappa shape index (κ2) is 6.28. The van der Waals surface area contributed by atoms with Gasteiger partial charge in [0.1, 0.15) is 5.76 Å². The number of hydrogen-bond acceptors (Lipinski definition) is 2. The Morgan fingerprint density at radius 2 is 1.38 bits per heavy atom. The van der Waals surface area contributed by atoms with Crippen molar-refractivity contribution in [3.63, 3.8) is 0 Å². The third-order valence-electron chi connectivity index (χ3n) is 6.54. The second-order valence-corrected chi connectivity index (χ2v) is 7.65. The van der Waals surface area contributed by atoms with Crippen LogP contribution in [-0.4, -0.2) is 0 Å². The normalized spacial score (nSPS) is 36.0. The molecule has 2 aromatic rings. The Hall–Kier alpha value is -2.06. The SMILES string of the molecule is C=C1O[C@@]2(c3ccccc3)O[C@@]1(c1ccccc1)C(CC)[C@@H](C)C2CC. The highest BCUT2D eigenvalue weighted by Crippen LogP contribution is 2.65. The number of ether oxygens (including phenoxy) is 2. The van der Waals surface area contributed by atoms with E-state index in [1.54, 1.807) is 0 Å². The van der Waals surface area contributed by atoms with Crippen molar-refractivity contribution < 1.29 is 9.47 Å². The number of benzene rings is 2. The summed E-state index contributed by atoms with van der Waals surface area (Å²) in [6.07, 6.45) is 2.03. The molecule has 2 saturated heterocycles. The van der Waals surface area contributed by atoms with E-state index in [1.807, 2.05) is 12.1 Å². The van der Waals surface area contributed by atoms with Gasteiger partial charge in [0, 0.05) is 17.4 Å². The Balaban J connectivity index is 1.95. The third kappa shape index (κ3) is 2.15. The van der Waals surface area contributed by atoms with E-state index in [4.69, 9.17) is 9.47 Å². The predicted octanol–water partition coefficient (Wildman–Crippen LogP) is 6.00. The van der Waals surface area contributed by atoms with Crippen LogP contribution in [0.4, 0.5) is 0 Å². The summed E-state index contributed by atoms with van der Waals surface area (Å²) in [6.45, 7) is 11.2. The molecule has 2 bridgehead atoms. The molecule has 2 heteroatoms. The molecular formula is C24H28O2. The van der Waals surface area contributed by atoms with Crippen LogP contribution in [0.15, 0.2) is 73.0 Å². The van der Waals surface area contributed by atoms with Crippen molar-refractivity contribution in [2.75, 3.05) is 0 Å². The highest BCUT2D eigenvalue weighted by atomic mass is 16.8. The van der Waals surface area contributed by atoms with Crippen molar-refractivity contribution >= 4 is 0 Å². The van der Waals surface area contributed by atoms with Crippen LogP contribution < -0.4 is 0 Å². The van der Waals surface area contributed by atoms with Gasteiger partial charge in [-0.05, 0) is 24.3 Å². The molecule has 0 N–H and O–H groups in total. The lowest BCUT2D eigenvalue weighted by molar-refractivity contribution is -0.289. The Labute approximate surface area is 156 Å². The fourth-order valence-electron chi connectivity index (χ4n) is 5.43. The molecule has 2 unspecified atom stereocenters. The van der Waals surface area contributed by atoms with E-state index in [0.717, 1.165) is 29.7 Å². The predicted molar refractivity (Wildman–Crippen MR) is 104 cm³/mol. The Kier molecular flexibility index (Phi) is 4.19. The first-order chi connectivity index (χ1) is 12.6. The maximum absolute atomic E-state index is 7.01. The summed E-state index contributed by atoms with van der Waals surface area (Å²) in [5.74, 6) is 1.07. The van der Waals surface area contributed by atoms with Crippen LogP contribution >= 0.6 is 0 Å². The van der Waals surface area contributed by atoms with Crippen molar-refractivity contribution in [1.29, 1.82) is 0 Å². The zero-order chi connectivity index (χ0) is 18.4. The van der Waals surface area contributed by atoms with Gasteiger partial charge < -0.3 is 9.47 Å². The largest absolute Gasteiger partial charge is 0.459 e. The Bertz CT molecular complexity index is 784. The van der Waals surface area contributed by atoms with Gasteiger partial charge in [-0.15, -0.1) is 0 Å². The van der Waals surface area contributed by atoms with Crippen molar-refractivity contribution in [3.8, 4) is 0 Å². The minimum Gasteiger partial charge on any atom is -0.459 e. The smallest absolute Gasteiger partial charge is 0.241 e. The molecule has 2 aliphatic rings. The molecule has 2 aromatic carbocycles. The van der Waals surface area contributed by atoms with E-state index in [9.17, 15) is 0 Å². The van der Waals surface area contributed by atoms with Crippen LogP contribution in [0, 0.1) is 17.8 Å². The van der Waals surface area contributed by atoms with Crippen molar-refractivity contribution in [1.82, 2.24) is 0 Å². The topological polar surface area (TPSA) is 18.5 Å². The lowest BCUT2D eigenvalue weighted by Gasteiger charge is -2.50. The maximum Gasteiger partial charge on any atom is 0.241 e. The van der Waals surface area contributed by atoms with E-state index in [1.165, 1.54) is 0 Å². The highest BCUT2D eigenvalue weighted by Gasteiger charge is 2.68. The maximum atomic E-state index is 7.01. The second-order valence-electron chi connectivity index (χ2n) is 7.65. The molecule has 0 amide bonds. The van der Waals surface area contributed by atoms with Crippen molar-refractivity contribution in [2.45, 2.75) is 45.0 Å². The van der Waals surface area contributed by atoms with Crippen LogP contribution in [0.5, 0.6) is 0 Å². The molecule has 0 aromatic heterocycles. The molecule has 136 valence electrons. The quantitative estimate of drug-likeness (QED) is 0.675. The summed E-state index contributed by atoms with van der Waals surface area (Å²) in [6, 6.07) is 20.9. The molecule has 2 heterocycles.